The second kappa shape index (κ2) is 4.49. The first-order chi connectivity index (χ1) is 7.31. The highest BCUT2D eigenvalue weighted by Gasteiger charge is 2.14. The molecule has 0 saturated heterocycles. The minimum Gasteiger partial charge on any atom is -0.490 e. The van der Waals surface area contributed by atoms with Crippen LogP contribution in [-0.4, -0.2) is 19.8 Å². The van der Waals surface area contributed by atoms with Gasteiger partial charge >= 0.3 is 0 Å². The third-order valence-corrected chi connectivity index (χ3v) is 2.34. The molecule has 1 aliphatic heterocycles. The highest BCUT2D eigenvalue weighted by atomic mass is 19.1. The van der Waals surface area contributed by atoms with Crippen LogP contribution in [-0.2, 0) is 0 Å². The van der Waals surface area contributed by atoms with Gasteiger partial charge in [0.2, 0.25) is 0 Å². The van der Waals surface area contributed by atoms with Crippen molar-refractivity contribution in [1.82, 2.24) is 0 Å². The fourth-order valence-electron chi connectivity index (χ4n) is 1.51. The van der Waals surface area contributed by atoms with E-state index in [-0.39, 0.29) is 6.54 Å². The zero-order valence-electron chi connectivity index (χ0n) is 8.41. The van der Waals surface area contributed by atoms with Crippen LogP contribution in [0.4, 0.5) is 4.39 Å². The van der Waals surface area contributed by atoms with Crippen LogP contribution < -0.4 is 15.2 Å². The van der Waals surface area contributed by atoms with Crippen LogP contribution in [0.5, 0.6) is 11.5 Å². The molecule has 82 valence electrons. The first kappa shape index (κ1) is 10.2. The molecule has 1 aromatic carbocycles. The Labute approximate surface area is 88.0 Å². The van der Waals surface area contributed by atoms with Crippen LogP contribution in [0.25, 0.3) is 0 Å². The molecule has 0 aromatic heterocycles. The van der Waals surface area contributed by atoms with Crippen LogP contribution in [0, 0.1) is 0 Å². The maximum absolute atomic E-state index is 13.3. The topological polar surface area (TPSA) is 44.5 Å². The zero-order valence-corrected chi connectivity index (χ0v) is 8.41. The Morgan fingerprint density at radius 1 is 1.27 bits per heavy atom. The largest absolute Gasteiger partial charge is 0.490 e. The third kappa shape index (κ3) is 2.21. The maximum Gasteiger partial charge on any atom is 0.161 e. The van der Waals surface area contributed by atoms with E-state index in [1.807, 2.05) is 0 Å². The van der Waals surface area contributed by atoms with Crippen molar-refractivity contribution < 1.29 is 13.9 Å². The molecule has 0 saturated carbocycles. The lowest BCUT2D eigenvalue weighted by atomic mass is 10.1. The standard InChI is InChI=1S/C11H14FNO2/c12-9(7-13)8-2-3-10-11(6-8)15-5-1-4-14-10/h2-3,6,9H,1,4-5,7,13H2. The monoisotopic (exact) mass is 211 g/mol. The van der Waals surface area contributed by atoms with E-state index in [4.69, 9.17) is 15.2 Å². The van der Waals surface area contributed by atoms with E-state index in [0.29, 0.717) is 30.3 Å². The van der Waals surface area contributed by atoms with Gasteiger partial charge in [-0.05, 0) is 17.7 Å². The van der Waals surface area contributed by atoms with Gasteiger partial charge in [-0.25, -0.2) is 4.39 Å². The Kier molecular flexibility index (Phi) is 3.06. The summed E-state index contributed by atoms with van der Waals surface area (Å²) in [5, 5.41) is 0. The van der Waals surface area contributed by atoms with Crippen LogP contribution >= 0.6 is 0 Å². The smallest absolute Gasteiger partial charge is 0.161 e. The van der Waals surface area contributed by atoms with E-state index in [0.717, 1.165) is 6.42 Å². The van der Waals surface area contributed by atoms with Gasteiger partial charge in [-0.3, -0.25) is 0 Å². The van der Waals surface area contributed by atoms with Gasteiger partial charge in [-0.1, -0.05) is 6.07 Å². The van der Waals surface area contributed by atoms with E-state index in [1.165, 1.54) is 0 Å². The minimum atomic E-state index is -1.14. The zero-order chi connectivity index (χ0) is 10.7. The predicted molar refractivity (Wildman–Crippen MR) is 55.0 cm³/mol. The van der Waals surface area contributed by atoms with Crippen LogP contribution in [0.3, 0.4) is 0 Å². The maximum atomic E-state index is 13.3. The average Bonchev–Trinajstić information content (AvgIpc) is 2.51. The minimum absolute atomic E-state index is 0.0142. The Morgan fingerprint density at radius 2 is 2.00 bits per heavy atom. The van der Waals surface area contributed by atoms with Crippen molar-refractivity contribution in [3.05, 3.63) is 23.8 Å². The molecule has 0 spiro atoms. The molecule has 1 heterocycles. The predicted octanol–water partition coefficient (Wildman–Crippen LogP) is 1.82. The van der Waals surface area contributed by atoms with Gasteiger partial charge in [0.15, 0.2) is 11.5 Å². The van der Waals surface area contributed by atoms with Gasteiger partial charge in [-0.2, -0.15) is 0 Å². The summed E-state index contributed by atoms with van der Waals surface area (Å²) in [7, 11) is 0. The Morgan fingerprint density at radius 3 is 2.73 bits per heavy atom. The third-order valence-electron chi connectivity index (χ3n) is 2.34. The number of rotatable bonds is 2. The first-order valence-corrected chi connectivity index (χ1v) is 5.05. The molecule has 0 fully saturated rings. The van der Waals surface area contributed by atoms with Crippen LogP contribution in [0.15, 0.2) is 18.2 Å². The van der Waals surface area contributed by atoms with Gasteiger partial charge in [-0.15, -0.1) is 0 Å². The van der Waals surface area contributed by atoms with Gasteiger partial charge < -0.3 is 15.2 Å². The lowest BCUT2D eigenvalue weighted by Crippen LogP contribution is -2.07. The molecular weight excluding hydrogens is 197 g/mol. The van der Waals surface area contributed by atoms with Crippen molar-refractivity contribution in [3.8, 4) is 11.5 Å². The molecule has 1 aliphatic rings. The first-order valence-electron chi connectivity index (χ1n) is 5.05. The number of fused-ring (bicyclic) bond motifs is 1. The van der Waals surface area contributed by atoms with Gasteiger partial charge in [0, 0.05) is 13.0 Å². The summed E-state index contributed by atoms with van der Waals surface area (Å²) < 4.78 is 24.2. The van der Waals surface area contributed by atoms with Crippen molar-refractivity contribution in [2.45, 2.75) is 12.6 Å². The number of hydrogen-bond acceptors (Lipinski definition) is 3. The van der Waals surface area contributed by atoms with Crippen molar-refractivity contribution in [2.75, 3.05) is 19.8 Å². The number of hydrogen-bond donors (Lipinski definition) is 1. The number of ether oxygens (including phenoxy) is 2. The van der Waals surface area contributed by atoms with Crippen molar-refractivity contribution >= 4 is 0 Å². The summed E-state index contributed by atoms with van der Waals surface area (Å²) in [6.45, 7) is 1.23. The lowest BCUT2D eigenvalue weighted by molar-refractivity contribution is 0.296. The number of alkyl halides is 1. The summed E-state index contributed by atoms with van der Waals surface area (Å²) in [5.41, 5.74) is 5.81. The SMILES string of the molecule is NCC(F)c1ccc2c(c1)OCCCO2. The van der Waals surface area contributed by atoms with Crippen LogP contribution in [0.1, 0.15) is 18.2 Å². The van der Waals surface area contributed by atoms with Gasteiger partial charge in [0.1, 0.15) is 6.17 Å². The molecule has 2 rings (SSSR count). The summed E-state index contributed by atoms with van der Waals surface area (Å²) in [6.07, 6.45) is -0.290. The van der Waals surface area contributed by atoms with Gasteiger partial charge in [0.25, 0.3) is 0 Å². The van der Waals surface area contributed by atoms with E-state index >= 15 is 0 Å². The summed E-state index contributed by atoms with van der Waals surface area (Å²) >= 11 is 0. The quantitative estimate of drug-likeness (QED) is 0.811. The van der Waals surface area contributed by atoms with Crippen molar-refractivity contribution in [1.29, 1.82) is 0 Å². The van der Waals surface area contributed by atoms with E-state index in [9.17, 15) is 4.39 Å². The van der Waals surface area contributed by atoms with Crippen molar-refractivity contribution in [2.24, 2.45) is 5.73 Å². The van der Waals surface area contributed by atoms with Crippen LogP contribution in [0.2, 0.25) is 0 Å². The highest BCUT2D eigenvalue weighted by molar-refractivity contribution is 5.44. The molecule has 0 amide bonds. The molecule has 3 nitrogen and oxygen atoms in total. The highest BCUT2D eigenvalue weighted by Crippen LogP contribution is 2.32. The lowest BCUT2D eigenvalue weighted by Gasteiger charge is -2.10. The number of nitrogens with two attached hydrogens (primary N) is 1. The van der Waals surface area contributed by atoms with E-state index < -0.39 is 6.17 Å². The molecule has 0 bridgehead atoms. The fraction of sp³-hybridized carbons (Fsp3) is 0.455. The molecule has 15 heavy (non-hydrogen) atoms. The molecule has 1 aromatic rings. The summed E-state index contributed by atoms with van der Waals surface area (Å²) in [4.78, 5) is 0. The average molecular weight is 211 g/mol. The van der Waals surface area contributed by atoms with E-state index in [1.54, 1.807) is 18.2 Å². The molecule has 1 atom stereocenters. The van der Waals surface area contributed by atoms with E-state index in [2.05, 4.69) is 0 Å². The molecular formula is C11H14FNO2. The number of halogens is 1. The molecule has 2 N–H and O–H groups in total. The molecule has 1 unspecified atom stereocenters. The Bertz CT molecular complexity index is 343. The second-order valence-corrected chi connectivity index (χ2v) is 3.46. The molecule has 0 radical (unpaired) electrons. The molecule has 4 heteroatoms. The van der Waals surface area contributed by atoms with Gasteiger partial charge in [0.05, 0.1) is 13.2 Å². The Hall–Kier alpha value is -1.29. The summed E-state index contributed by atoms with van der Waals surface area (Å²) in [5.74, 6) is 1.29. The number of benzene rings is 1. The summed E-state index contributed by atoms with van der Waals surface area (Å²) in [6, 6.07) is 5.08. The second-order valence-electron chi connectivity index (χ2n) is 3.46. The normalized spacial score (nSPS) is 16.9. The molecule has 0 aliphatic carbocycles. The van der Waals surface area contributed by atoms with Crippen molar-refractivity contribution in [3.63, 3.8) is 0 Å². The fourth-order valence-corrected chi connectivity index (χ4v) is 1.51. The Balaban J connectivity index is 2.27.